The maximum absolute atomic E-state index is 12.2. The Morgan fingerprint density at radius 2 is 1.58 bits per heavy atom. The Balaban J connectivity index is 1.92. The Morgan fingerprint density at radius 3 is 2.32 bits per heavy atom. The first-order chi connectivity index (χ1) is 9.25. The molecule has 0 aromatic heterocycles. The van der Waals surface area contributed by atoms with E-state index in [9.17, 15) is 8.78 Å². The first-order valence-electron chi connectivity index (χ1n) is 6.03. The van der Waals surface area contributed by atoms with Gasteiger partial charge < -0.3 is 10.1 Å². The molecule has 0 amide bonds. The van der Waals surface area contributed by atoms with Gasteiger partial charge >= 0.3 is 6.61 Å². The molecule has 0 atom stereocenters. The summed E-state index contributed by atoms with van der Waals surface area (Å²) >= 11 is 0. The smallest absolute Gasteiger partial charge is 0.387 e. The lowest BCUT2D eigenvalue weighted by molar-refractivity contribution is -0.0505. The van der Waals surface area contributed by atoms with E-state index in [1.54, 1.807) is 24.3 Å². The number of benzene rings is 2. The van der Waals surface area contributed by atoms with Crippen LogP contribution in [0.5, 0.6) is 5.75 Å². The van der Waals surface area contributed by atoms with E-state index in [1.807, 2.05) is 30.3 Å². The van der Waals surface area contributed by atoms with Crippen LogP contribution in [-0.4, -0.2) is 6.61 Å². The number of hydrogen-bond donors (Lipinski definition) is 1. The predicted octanol–water partition coefficient (Wildman–Crippen LogP) is 3.58. The van der Waals surface area contributed by atoms with E-state index in [0.29, 0.717) is 13.1 Å². The zero-order chi connectivity index (χ0) is 13.5. The monoisotopic (exact) mass is 263 g/mol. The first kappa shape index (κ1) is 13.5. The van der Waals surface area contributed by atoms with Crippen molar-refractivity contribution in [3.05, 3.63) is 65.7 Å². The molecule has 2 rings (SSSR count). The maximum atomic E-state index is 12.2. The van der Waals surface area contributed by atoms with E-state index in [-0.39, 0.29) is 5.75 Å². The molecular weight excluding hydrogens is 248 g/mol. The van der Waals surface area contributed by atoms with Crippen molar-refractivity contribution in [2.75, 3.05) is 0 Å². The molecule has 0 aliphatic carbocycles. The van der Waals surface area contributed by atoms with Crippen LogP contribution in [-0.2, 0) is 13.1 Å². The molecule has 0 heterocycles. The summed E-state index contributed by atoms with van der Waals surface area (Å²) in [5.41, 5.74) is 1.87. The molecule has 0 unspecified atom stereocenters. The maximum Gasteiger partial charge on any atom is 0.387 e. The molecule has 0 aliphatic rings. The summed E-state index contributed by atoms with van der Waals surface area (Å²) in [5, 5.41) is 3.21. The van der Waals surface area contributed by atoms with Gasteiger partial charge in [-0.1, -0.05) is 48.5 Å². The molecule has 0 saturated carbocycles. The van der Waals surface area contributed by atoms with Crippen molar-refractivity contribution in [2.45, 2.75) is 19.7 Å². The lowest BCUT2D eigenvalue weighted by Gasteiger charge is -2.11. The highest BCUT2D eigenvalue weighted by molar-refractivity contribution is 5.33. The second-order valence-corrected chi connectivity index (χ2v) is 4.08. The highest BCUT2D eigenvalue weighted by Crippen LogP contribution is 2.20. The Labute approximate surface area is 111 Å². The quantitative estimate of drug-likeness (QED) is 0.860. The van der Waals surface area contributed by atoms with Gasteiger partial charge in [-0.05, 0) is 11.6 Å². The third-order valence-corrected chi connectivity index (χ3v) is 2.68. The summed E-state index contributed by atoms with van der Waals surface area (Å²) in [6, 6.07) is 16.7. The van der Waals surface area contributed by atoms with Crippen LogP contribution in [0.4, 0.5) is 8.78 Å². The van der Waals surface area contributed by atoms with Crippen molar-refractivity contribution in [3.63, 3.8) is 0 Å². The number of halogens is 2. The fourth-order valence-electron chi connectivity index (χ4n) is 1.80. The van der Waals surface area contributed by atoms with Crippen LogP contribution in [0.25, 0.3) is 0 Å². The van der Waals surface area contributed by atoms with E-state index in [4.69, 9.17) is 0 Å². The lowest BCUT2D eigenvalue weighted by atomic mass is 10.2. The molecule has 0 spiro atoms. The van der Waals surface area contributed by atoms with E-state index >= 15 is 0 Å². The first-order valence-corrected chi connectivity index (χ1v) is 6.03. The molecule has 2 aromatic rings. The van der Waals surface area contributed by atoms with Gasteiger partial charge in [0, 0.05) is 18.7 Å². The molecule has 0 bridgehead atoms. The van der Waals surface area contributed by atoms with Crippen LogP contribution < -0.4 is 10.1 Å². The second-order valence-electron chi connectivity index (χ2n) is 4.08. The van der Waals surface area contributed by atoms with Crippen LogP contribution in [0.2, 0.25) is 0 Å². The standard InChI is InChI=1S/C15H15F2NO/c16-15(17)19-14-9-5-4-8-13(14)11-18-10-12-6-2-1-3-7-12/h1-9,15,18H,10-11H2. The SMILES string of the molecule is FC(F)Oc1ccccc1CNCc1ccccc1. The molecule has 4 heteroatoms. The van der Waals surface area contributed by atoms with Crippen molar-refractivity contribution in [1.29, 1.82) is 0 Å². The molecule has 0 radical (unpaired) electrons. The van der Waals surface area contributed by atoms with Gasteiger partial charge in [-0.15, -0.1) is 0 Å². The summed E-state index contributed by atoms with van der Waals surface area (Å²) in [6.07, 6.45) is 0. The van der Waals surface area contributed by atoms with Gasteiger partial charge in [0.05, 0.1) is 0 Å². The summed E-state index contributed by atoms with van der Waals surface area (Å²) < 4.78 is 29.0. The molecule has 0 aliphatic heterocycles. The average molecular weight is 263 g/mol. The zero-order valence-electron chi connectivity index (χ0n) is 10.4. The Morgan fingerprint density at radius 1 is 0.895 bits per heavy atom. The highest BCUT2D eigenvalue weighted by Gasteiger charge is 2.08. The minimum atomic E-state index is -2.80. The van der Waals surface area contributed by atoms with E-state index in [2.05, 4.69) is 10.1 Å². The van der Waals surface area contributed by atoms with Gasteiger partial charge in [-0.2, -0.15) is 8.78 Å². The summed E-state index contributed by atoms with van der Waals surface area (Å²) in [4.78, 5) is 0. The van der Waals surface area contributed by atoms with Crippen LogP contribution in [0, 0.1) is 0 Å². The van der Waals surface area contributed by atoms with Gasteiger partial charge in [0.2, 0.25) is 0 Å². The van der Waals surface area contributed by atoms with Gasteiger partial charge in [-0.3, -0.25) is 0 Å². The van der Waals surface area contributed by atoms with Crippen LogP contribution in [0.3, 0.4) is 0 Å². The zero-order valence-corrected chi connectivity index (χ0v) is 10.4. The third-order valence-electron chi connectivity index (χ3n) is 2.68. The number of para-hydroxylation sites is 1. The Kier molecular flexibility index (Phi) is 4.86. The Bertz CT molecular complexity index is 503. The predicted molar refractivity (Wildman–Crippen MR) is 70.1 cm³/mol. The van der Waals surface area contributed by atoms with Crippen molar-refractivity contribution in [2.24, 2.45) is 0 Å². The van der Waals surface area contributed by atoms with Gasteiger partial charge in [0.15, 0.2) is 0 Å². The molecular formula is C15H15F2NO. The Hall–Kier alpha value is -1.94. The third kappa shape index (κ3) is 4.34. The lowest BCUT2D eigenvalue weighted by Crippen LogP contribution is -2.14. The van der Waals surface area contributed by atoms with Gasteiger partial charge in [-0.25, -0.2) is 0 Å². The number of alkyl halides is 2. The topological polar surface area (TPSA) is 21.3 Å². The summed E-state index contributed by atoms with van der Waals surface area (Å²) in [7, 11) is 0. The number of hydrogen-bond acceptors (Lipinski definition) is 2. The minimum Gasteiger partial charge on any atom is -0.434 e. The van der Waals surface area contributed by atoms with E-state index in [0.717, 1.165) is 11.1 Å². The summed E-state index contributed by atoms with van der Waals surface area (Å²) in [6.45, 7) is -1.63. The number of ether oxygens (including phenoxy) is 1. The molecule has 1 N–H and O–H groups in total. The van der Waals surface area contributed by atoms with E-state index in [1.165, 1.54) is 0 Å². The minimum absolute atomic E-state index is 0.220. The van der Waals surface area contributed by atoms with Crippen LogP contribution in [0.15, 0.2) is 54.6 Å². The number of nitrogens with one attached hydrogen (secondary N) is 1. The molecule has 2 aromatic carbocycles. The normalized spacial score (nSPS) is 10.7. The second kappa shape index (κ2) is 6.85. The van der Waals surface area contributed by atoms with Crippen LogP contribution >= 0.6 is 0 Å². The van der Waals surface area contributed by atoms with Gasteiger partial charge in [0.1, 0.15) is 5.75 Å². The van der Waals surface area contributed by atoms with Crippen molar-refractivity contribution >= 4 is 0 Å². The van der Waals surface area contributed by atoms with Gasteiger partial charge in [0.25, 0.3) is 0 Å². The highest BCUT2D eigenvalue weighted by atomic mass is 19.3. The van der Waals surface area contributed by atoms with E-state index < -0.39 is 6.61 Å². The largest absolute Gasteiger partial charge is 0.434 e. The molecule has 100 valence electrons. The number of rotatable bonds is 6. The van der Waals surface area contributed by atoms with Crippen LogP contribution in [0.1, 0.15) is 11.1 Å². The fourth-order valence-corrected chi connectivity index (χ4v) is 1.80. The van der Waals surface area contributed by atoms with Crippen molar-refractivity contribution in [1.82, 2.24) is 5.32 Å². The van der Waals surface area contributed by atoms with Crippen molar-refractivity contribution in [3.8, 4) is 5.75 Å². The average Bonchev–Trinajstić information content (AvgIpc) is 2.41. The fraction of sp³-hybridized carbons (Fsp3) is 0.200. The van der Waals surface area contributed by atoms with Crippen molar-refractivity contribution < 1.29 is 13.5 Å². The molecule has 0 saturated heterocycles. The molecule has 2 nitrogen and oxygen atoms in total. The summed E-state index contributed by atoms with van der Waals surface area (Å²) in [5.74, 6) is 0.220. The molecule has 0 fully saturated rings. The molecule has 19 heavy (non-hydrogen) atoms.